The van der Waals surface area contributed by atoms with Gasteiger partial charge in [0.2, 0.25) is 5.91 Å². The molecule has 0 atom stereocenters. The molecule has 0 aliphatic heterocycles. The largest absolute Gasteiger partial charge is 0.352 e. The summed E-state index contributed by atoms with van der Waals surface area (Å²) in [5.74, 6) is -0.743. The molecule has 1 N–H and O–H groups in total. The Bertz CT molecular complexity index is 845. The zero-order valence-electron chi connectivity index (χ0n) is 13.5. The van der Waals surface area contributed by atoms with Gasteiger partial charge in [-0.1, -0.05) is 41.9 Å². The molecular formula is C19H17ClFN3O. The van der Waals surface area contributed by atoms with Gasteiger partial charge in [-0.15, -0.1) is 0 Å². The van der Waals surface area contributed by atoms with E-state index in [0.717, 1.165) is 11.1 Å². The maximum absolute atomic E-state index is 13.8. The number of halogens is 2. The van der Waals surface area contributed by atoms with Gasteiger partial charge in [-0.25, -0.2) is 9.37 Å². The summed E-state index contributed by atoms with van der Waals surface area (Å²) in [6.07, 6.45) is 5.27. The minimum absolute atomic E-state index is 0.0881. The van der Waals surface area contributed by atoms with Crippen molar-refractivity contribution >= 4 is 17.5 Å². The molecule has 25 heavy (non-hydrogen) atoms. The van der Waals surface area contributed by atoms with Crippen LogP contribution in [0, 0.1) is 5.82 Å². The molecule has 0 spiro atoms. The summed E-state index contributed by atoms with van der Waals surface area (Å²) < 4.78 is 15.7. The summed E-state index contributed by atoms with van der Waals surface area (Å²) in [6, 6.07) is 12.2. The van der Waals surface area contributed by atoms with Gasteiger partial charge in [0.05, 0.1) is 12.7 Å². The maximum Gasteiger partial charge on any atom is 0.224 e. The van der Waals surface area contributed by atoms with Crippen molar-refractivity contribution in [2.45, 2.75) is 19.5 Å². The third kappa shape index (κ3) is 4.45. The van der Waals surface area contributed by atoms with Crippen LogP contribution in [-0.2, 0) is 24.3 Å². The normalized spacial score (nSPS) is 10.6. The highest BCUT2D eigenvalue weighted by Gasteiger charge is 2.12. The fraction of sp³-hybridized carbons (Fsp3) is 0.158. The standard InChI is InChI=1S/C19H17ClFN3O/c20-17-6-3-7-18(21)16(17)10-19(25)23-11-14-4-1-2-5-15(14)12-24-9-8-22-13-24/h1-9,13H,10-12H2,(H,23,25). The first-order valence-electron chi connectivity index (χ1n) is 7.85. The summed E-state index contributed by atoms with van der Waals surface area (Å²) in [6.45, 7) is 1.04. The van der Waals surface area contributed by atoms with E-state index in [9.17, 15) is 9.18 Å². The molecule has 0 aliphatic carbocycles. The third-order valence-corrected chi connectivity index (χ3v) is 4.26. The van der Waals surface area contributed by atoms with E-state index in [0.29, 0.717) is 13.1 Å². The monoisotopic (exact) mass is 357 g/mol. The quantitative estimate of drug-likeness (QED) is 0.733. The number of aromatic nitrogens is 2. The topological polar surface area (TPSA) is 46.9 Å². The van der Waals surface area contributed by atoms with E-state index < -0.39 is 5.82 Å². The van der Waals surface area contributed by atoms with E-state index in [2.05, 4.69) is 10.3 Å². The highest BCUT2D eigenvalue weighted by Crippen LogP contribution is 2.19. The van der Waals surface area contributed by atoms with Crippen LogP contribution in [0.4, 0.5) is 4.39 Å². The van der Waals surface area contributed by atoms with Gasteiger partial charge in [0.25, 0.3) is 0 Å². The molecule has 0 fully saturated rings. The van der Waals surface area contributed by atoms with Crippen molar-refractivity contribution in [2.24, 2.45) is 0 Å². The number of rotatable bonds is 6. The molecule has 6 heteroatoms. The number of hydrogen-bond donors (Lipinski definition) is 1. The van der Waals surface area contributed by atoms with Gasteiger partial charge in [-0.05, 0) is 23.3 Å². The van der Waals surface area contributed by atoms with Gasteiger partial charge < -0.3 is 9.88 Å². The Morgan fingerprint density at radius 2 is 1.96 bits per heavy atom. The van der Waals surface area contributed by atoms with Gasteiger partial charge in [-0.2, -0.15) is 0 Å². The summed E-state index contributed by atoms with van der Waals surface area (Å²) in [5, 5.41) is 3.09. The summed E-state index contributed by atoms with van der Waals surface area (Å²) in [5.41, 5.74) is 2.31. The van der Waals surface area contributed by atoms with Crippen LogP contribution in [0.5, 0.6) is 0 Å². The number of carbonyl (C=O) groups is 1. The molecule has 0 bridgehead atoms. The predicted octanol–water partition coefficient (Wildman–Crippen LogP) is 3.58. The third-order valence-electron chi connectivity index (χ3n) is 3.91. The van der Waals surface area contributed by atoms with E-state index in [1.54, 1.807) is 18.6 Å². The number of hydrogen-bond acceptors (Lipinski definition) is 2. The molecule has 1 amide bonds. The van der Waals surface area contributed by atoms with Crippen LogP contribution < -0.4 is 5.32 Å². The lowest BCUT2D eigenvalue weighted by Gasteiger charge is -2.12. The molecule has 1 heterocycles. The second kappa shape index (κ2) is 7.94. The van der Waals surface area contributed by atoms with Crippen LogP contribution in [0.3, 0.4) is 0 Å². The molecule has 2 aromatic carbocycles. The first-order chi connectivity index (χ1) is 12.1. The smallest absolute Gasteiger partial charge is 0.224 e. The van der Waals surface area contributed by atoms with Gasteiger partial charge in [0.1, 0.15) is 5.82 Å². The van der Waals surface area contributed by atoms with Crippen LogP contribution in [-0.4, -0.2) is 15.5 Å². The average molecular weight is 358 g/mol. The number of carbonyl (C=O) groups excluding carboxylic acids is 1. The lowest BCUT2D eigenvalue weighted by Crippen LogP contribution is -2.25. The van der Waals surface area contributed by atoms with Crippen LogP contribution in [0.25, 0.3) is 0 Å². The second-order valence-corrected chi connectivity index (χ2v) is 6.06. The summed E-state index contributed by atoms with van der Waals surface area (Å²) >= 11 is 5.97. The number of benzene rings is 2. The molecule has 128 valence electrons. The Labute approximate surface area is 150 Å². The minimum atomic E-state index is -0.469. The van der Waals surface area contributed by atoms with Crippen LogP contribution in [0.1, 0.15) is 16.7 Å². The predicted molar refractivity (Wildman–Crippen MR) is 94.7 cm³/mol. The summed E-state index contributed by atoms with van der Waals surface area (Å²) in [7, 11) is 0. The molecule has 4 nitrogen and oxygen atoms in total. The lowest BCUT2D eigenvalue weighted by atomic mass is 10.1. The van der Waals surface area contributed by atoms with Crippen molar-refractivity contribution in [3.8, 4) is 0 Å². The lowest BCUT2D eigenvalue weighted by molar-refractivity contribution is -0.120. The minimum Gasteiger partial charge on any atom is -0.352 e. The zero-order valence-corrected chi connectivity index (χ0v) is 14.2. The highest BCUT2D eigenvalue weighted by molar-refractivity contribution is 6.31. The SMILES string of the molecule is O=C(Cc1c(F)cccc1Cl)NCc1ccccc1Cn1ccnc1. The van der Waals surface area contributed by atoms with Gasteiger partial charge >= 0.3 is 0 Å². The van der Waals surface area contributed by atoms with Gasteiger partial charge in [0.15, 0.2) is 0 Å². The molecule has 0 saturated carbocycles. The number of imidazole rings is 1. The number of nitrogens with one attached hydrogen (secondary N) is 1. The Morgan fingerprint density at radius 1 is 1.16 bits per heavy atom. The Hall–Kier alpha value is -2.66. The van der Waals surface area contributed by atoms with Crippen molar-refractivity contribution in [3.63, 3.8) is 0 Å². The van der Waals surface area contributed by atoms with Crippen molar-refractivity contribution in [2.75, 3.05) is 0 Å². The average Bonchev–Trinajstić information content (AvgIpc) is 3.11. The van der Waals surface area contributed by atoms with Crippen LogP contribution in [0.2, 0.25) is 5.02 Å². The molecule has 1 aromatic heterocycles. The van der Waals surface area contributed by atoms with Crippen molar-refractivity contribution < 1.29 is 9.18 Å². The highest BCUT2D eigenvalue weighted by atomic mass is 35.5. The number of nitrogens with zero attached hydrogens (tertiary/aromatic N) is 2. The molecule has 0 aliphatic rings. The Balaban J connectivity index is 1.64. The second-order valence-electron chi connectivity index (χ2n) is 5.66. The van der Waals surface area contributed by atoms with Crippen molar-refractivity contribution in [1.82, 2.24) is 14.9 Å². The molecule has 3 aromatic rings. The van der Waals surface area contributed by atoms with Gasteiger partial charge in [-0.3, -0.25) is 4.79 Å². The number of amides is 1. The fourth-order valence-corrected chi connectivity index (χ4v) is 2.81. The molecule has 0 unspecified atom stereocenters. The van der Waals surface area contributed by atoms with E-state index in [4.69, 9.17) is 11.6 Å². The molecule has 0 radical (unpaired) electrons. The van der Waals surface area contributed by atoms with E-state index in [-0.39, 0.29) is 22.9 Å². The zero-order chi connectivity index (χ0) is 17.6. The first-order valence-corrected chi connectivity index (χ1v) is 8.23. The molecular weight excluding hydrogens is 341 g/mol. The van der Waals surface area contributed by atoms with Crippen molar-refractivity contribution in [3.05, 3.63) is 88.7 Å². The Kier molecular flexibility index (Phi) is 5.46. The van der Waals surface area contributed by atoms with Crippen LogP contribution >= 0.6 is 11.6 Å². The van der Waals surface area contributed by atoms with E-state index in [1.165, 1.54) is 12.1 Å². The first kappa shape index (κ1) is 17.2. The van der Waals surface area contributed by atoms with E-state index >= 15 is 0 Å². The van der Waals surface area contributed by atoms with E-state index in [1.807, 2.05) is 35.0 Å². The Morgan fingerprint density at radius 3 is 2.68 bits per heavy atom. The molecule has 3 rings (SSSR count). The van der Waals surface area contributed by atoms with Gasteiger partial charge in [0, 0.05) is 36.1 Å². The summed E-state index contributed by atoms with van der Waals surface area (Å²) in [4.78, 5) is 16.2. The molecule has 0 saturated heterocycles. The fourth-order valence-electron chi connectivity index (χ4n) is 2.58. The van der Waals surface area contributed by atoms with Crippen LogP contribution in [0.15, 0.2) is 61.2 Å². The van der Waals surface area contributed by atoms with Crippen molar-refractivity contribution in [1.29, 1.82) is 0 Å². The maximum atomic E-state index is 13.8.